The predicted octanol–water partition coefficient (Wildman–Crippen LogP) is 2.17. The normalized spacial score (nSPS) is 11.4. The number of carboxylic acid groups (broad SMARTS) is 1. The lowest BCUT2D eigenvalue weighted by molar-refractivity contribution is 0.0692. The molecule has 3 N–H and O–H groups in total. The third-order valence-corrected chi connectivity index (χ3v) is 4.84. The van der Waals surface area contributed by atoms with Crippen LogP contribution in [0.25, 0.3) is 11.3 Å². The van der Waals surface area contributed by atoms with Crippen molar-refractivity contribution in [1.82, 2.24) is 15.2 Å². The molecule has 2 aromatic heterocycles. The quantitative estimate of drug-likeness (QED) is 0.589. The highest BCUT2D eigenvalue weighted by Gasteiger charge is 2.29. The molecule has 0 amide bonds. The van der Waals surface area contributed by atoms with Crippen LogP contribution in [0.1, 0.15) is 10.5 Å². The number of nitrogens with zero attached hydrogens (tertiary/aromatic N) is 3. The lowest BCUT2D eigenvalue weighted by Gasteiger charge is -2.20. The number of nitrogens with one attached hydrogen (secondary N) is 1. The molecule has 0 spiro atoms. The molecule has 0 atom stereocenters. The van der Waals surface area contributed by atoms with E-state index in [1.165, 1.54) is 23.8 Å². The Morgan fingerprint density at radius 3 is 2.71 bits per heavy atom. The van der Waals surface area contributed by atoms with Gasteiger partial charge in [0.15, 0.2) is 5.69 Å². The lowest BCUT2D eigenvalue weighted by Crippen LogP contribution is -2.26. The van der Waals surface area contributed by atoms with E-state index in [-0.39, 0.29) is 10.7 Å². The number of thiazole rings is 1. The first-order chi connectivity index (χ1) is 11.4. The van der Waals surface area contributed by atoms with Gasteiger partial charge in [-0.05, 0) is 18.2 Å². The maximum atomic E-state index is 11.9. The van der Waals surface area contributed by atoms with E-state index in [1.807, 2.05) is 0 Å². The Kier molecular flexibility index (Phi) is 4.05. The fourth-order valence-electron chi connectivity index (χ4n) is 2.10. The van der Waals surface area contributed by atoms with Crippen molar-refractivity contribution < 1.29 is 22.9 Å². The topological polar surface area (TPSA) is 136 Å². The Balaban J connectivity index is 2.16. The maximum Gasteiger partial charge on any atom is 0.365 e. The Bertz CT molecular complexity index is 981. The van der Waals surface area contributed by atoms with Gasteiger partial charge in [0, 0.05) is 11.8 Å². The number of anilines is 2. The van der Waals surface area contributed by atoms with E-state index < -0.39 is 22.0 Å². The molecule has 0 fully saturated rings. The summed E-state index contributed by atoms with van der Waals surface area (Å²) in [7, 11) is -4.77. The fourth-order valence-corrected chi connectivity index (χ4v) is 3.90. The number of hydrogen-bond donors (Lipinski definition) is 3. The summed E-state index contributed by atoms with van der Waals surface area (Å²) >= 11 is 0.786. The summed E-state index contributed by atoms with van der Waals surface area (Å²) in [6.07, 6.45) is 1.54. The number of aromatic nitrogens is 3. The van der Waals surface area contributed by atoms with Crippen LogP contribution in [0.3, 0.4) is 0 Å². The molecule has 24 heavy (non-hydrogen) atoms. The third-order valence-electron chi connectivity index (χ3n) is 3.06. The first kappa shape index (κ1) is 16.1. The molecule has 9 nitrogen and oxygen atoms in total. The van der Waals surface area contributed by atoms with Gasteiger partial charge >= 0.3 is 16.3 Å². The molecule has 0 aliphatic carbocycles. The average Bonchev–Trinajstić information content (AvgIpc) is 3.18. The number of rotatable bonds is 5. The lowest BCUT2D eigenvalue weighted by atomic mass is 10.1. The Morgan fingerprint density at radius 2 is 2.08 bits per heavy atom. The van der Waals surface area contributed by atoms with Crippen LogP contribution in [0.2, 0.25) is 0 Å². The van der Waals surface area contributed by atoms with Gasteiger partial charge in [-0.25, -0.2) is 14.1 Å². The van der Waals surface area contributed by atoms with Gasteiger partial charge in [0.1, 0.15) is 5.00 Å². The van der Waals surface area contributed by atoms with Gasteiger partial charge in [0.05, 0.1) is 16.9 Å². The molecule has 0 saturated heterocycles. The van der Waals surface area contributed by atoms with Crippen LogP contribution < -0.4 is 4.31 Å². The largest absolute Gasteiger partial charge is 0.476 e. The van der Waals surface area contributed by atoms with E-state index >= 15 is 0 Å². The standard InChI is InChI=1S/C13H10N4O5S2/c18-13(19)11-12(23-7-14-11)17(24(20,21)22)9-3-1-2-8(6-9)10-4-5-15-16-10/h1-7H,(H,15,16)(H,18,19)(H,20,21,22). The van der Waals surface area contributed by atoms with E-state index in [0.29, 0.717) is 15.6 Å². The van der Waals surface area contributed by atoms with Crippen molar-refractivity contribution in [2.24, 2.45) is 0 Å². The minimum Gasteiger partial charge on any atom is -0.476 e. The third kappa shape index (κ3) is 2.99. The van der Waals surface area contributed by atoms with Crippen LogP contribution in [0.5, 0.6) is 0 Å². The fraction of sp³-hybridized carbons (Fsp3) is 0. The molecule has 2 heterocycles. The first-order valence-corrected chi connectivity index (χ1v) is 8.70. The van der Waals surface area contributed by atoms with E-state index in [1.54, 1.807) is 18.2 Å². The monoisotopic (exact) mass is 366 g/mol. The van der Waals surface area contributed by atoms with Crippen molar-refractivity contribution in [3.63, 3.8) is 0 Å². The number of hydrogen-bond acceptors (Lipinski definition) is 6. The Morgan fingerprint density at radius 1 is 1.29 bits per heavy atom. The minimum atomic E-state index is -4.77. The molecule has 0 radical (unpaired) electrons. The van der Waals surface area contributed by atoms with Crippen molar-refractivity contribution in [3.8, 4) is 11.3 Å². The zero-order valence-electron chi connectivity index (χ0n) is 11.8. The summed E-state index contributed by atoms with van der Waals surface area (Å²) in [5, 5.41) is 15.5. The van der Waals surface area contributed by atoms with E-state index in [4.69, 9.17) is 5.11 Å². The molecule has 3 rings (SSSR count). The van der Waals surface area contributed by atoms with Gasteiger partial charge in [-0.1, -0.05) is 12.1 Å². The average molecular weight is 366 g/mol. The Labute approximate surface area is 140 Å². The molecule has 11 heteroatoms. The van der Waals surface area contributed by atoms with Gasteiger partial charge in [0.25, 0.3) is 0 Å². The first-order valence-electron chi connectivity index (χ1n) is 6.42. The van der Waals surface area contributed by atoms with E-state index in [9.17, 15) is 17.8 Å². The smallest absolute Gasteiger partial charge is 0.365 e. The van der Waals surface area contributed by atoms with Gasteiger partial charge in [0.2, 0.25) is 0 Å². The second kappa shape index (κ2) is 6.03. The number of H-pyrrole nitrogens is 1. The molecule has 3 aromatic rings. The molecular weight excluding hydrogens is 356 g/mol. The van der Waals surface area contributed by atoms with E-state index in [0.717, 1.165) is 11.3 Å². The van der Waals surface area contributed by atoms with Crippen molar-refractivity contribution in [2.45, 2.75) is 0 Å². The summed E-state index contributed by atoms with van der Waals surface area (Å²) < 4.78 is 33.8. The van der Waals surface area contributed by atoms with Crippen molar-refractivity contribution >= 4 is 38.3 Å². The SMILES string of the molecule is O=C(O)c1ncsc1N(c1cccc(-c2ccn[nH]2)c1)S(=O)(=O)O. The van der Waals surface area contributed by atoms with Crippen LogP contribution >= 0.6 is 11.3 Å². The minimum absolute atomic E-state index is 0.0661. The van der Waals surface area contributed by atoms with Crippen molar-refractivity contribution in [2.75, 3.05) is 4.31 Å². The summed E-state index contributed by atoms with van der Waals surface area (Å²) in [6, 6.07) is 7.88. The van der Waals surface area contributed by atoms with E-state index in [2.05, 4.69) is 15.2 Å². The Hall–Kier alpha value is -2.76. The van der Waals surface area contributed by atoms with Crippen molar-refractivity contribution in [3.05, 3.63) is 47.7 Å². The highest BCUT2D eigenvalue weighted by molar-refractivity contribution is 7.87. The van der Waals surface area contributed by atoms with Gasteiger partial charge < -0.3 is 5.11 Å². The second-order valence-corrected chi connectivity index (χ2v) is 6.67. The van der Waals surface area contributed by atoms with Gasteiger partial charge in [-0.2, -0.15) is 13.5 Å². The maximum absolute atomic E-state index is 11.9. The number of benzene rings is 1. The molecule has 0 bridgehead atoms. The van der Waals surface area contributed by atoms with Gasteiger partial charge in [-0.3, -0.25) is 9.65 Å². The van der Waals surface area contributed by atoms with Gasteiger partial charge in [-0.15, -0.1) is 11.3 Å². The van der Waals surface area contributed by atoms with Crippen molar-refractivity contribution in [1.29, 1.82) is 0 Å². The number of aromatic carboxylic acids is 1. The summed E-state index contributed by atoms with van der Waals surface area (Å²) in [5.41, 5.74) is 2.03. The highest BCUT2D eigenvalue weighted by atomic mass is 32.2. The predicted molar refractivity (Wildman–Crippen MR) is 86.8 cm³/mol. The molecular formula is C13H10N4O5S2. The van der Waals surface area contributed by atoms with Crippen LogP contribution in [-0.2, 0) is 10.3 Å². The summed E-state index contributed by atoms with van der Waals surface area (Å²) in [5.74, 6) is -1.40. The zero-order valence-corrected chi connectivity index (χ0v) is 13.5. The van der Waals surface area contributed by atoms with Crippen LogP contribution in [-0.4, -0.2) is 39.2 Å². The summed E-state index contributed by atoms with van der Waals surface area (Å²) in [4.78, 5) is 14.9. The second-order valence-electron chi connectivity index (χ2n) is 4.57. The zero-order chi connectivity index (χ0) is 17.3. The number of carbonyl (C=O) groups is 1. The summed E-state index contributed by atoms with van der Waals surface area (Å²) in [6.45, 7) is 0. The van der Waals surface area contributed by atoms with Crippen LogP contribution in [0, 0.1) is 0 Å². The molecule has 1 aromatic carbocycles. The molecule has 0 saturated carbocycles. The number of aromatic amines is 1. The number of carboxylic acids is 1. The highest BCUT2D eigenvalue weighted by Crippen LogP contribution is 2.35. The van der Waals surface area contributed by atoms with Crippen LogP contribution in [0.15, 0.2) is 42.0 Å². The molecule has 124 valence electrons. The van der Waals surface area contributed by atoms with Crippen LogP contribution in [0.4, 0.5) is 10.7 Å². The molecule has 0 aliphatic rings. The molecule has 0 unspecified atom stereocenters. The molecule has 0 aliphatic heterocycles.